The van der Waals surface area contributed by atoms with Crippen LogP contribution in [0.4, 0.5) is 0 Å². The van der Waals surface area contributed by atoms with Crippen LogP contribution in [0, 0.1) is 0 Å². The summed E-state index contributed by atoms with van der Waals surface area (Å²) >= 11 is 5.44. The van der Waals surface area contributed by atoms with Crippen LogP contribution in [0.5, 0.6) is 0 Å². The van der Waals surface area contributed by atoms with Gasteiger partial charge in [-0.3, -0.25) is 0 Å². The molecule has 0 bridgehead atoms. The van der Waals surface area contributed by atoms with Crippen LogP contribution < -0.4 is 5.32 Å². The highest BCUT2D eigenvalue weighted by Crippen LogP contribution is 1.89. The Hall–Kier alpha value is 0.540. The predicted octanol–water partition coefficient (Wildman–Crippen LogP) is 1.64. The van der Waals surface area contributed by atoms with Gasteiger partial charge in [0.2, 0.25) is 0 Å². The predicted molar refractivity (Wildman–Crippen MR) is 41.1 cm³/mol. The third-order valence-electron chi connectivity index (χ3n) is 1.03. The zero-order valence-electron chi connectivity index (χ0n) is 5.28. The molecule has 52 valence electrons. The largest absolute Gasteiger partial charge is 0.317 e. The van der Waals surface area contributed by atoms with Gasteiger partial charge in [-0.2, -0.15) is 0 Å². The van der Waals surface area contributed by atoms with E-state index in [2.05, 4.69) is 12.2 Å². The van der Waals surface area contributed by atoms with Crippen molar-refractivity contribution in [3.8, 4) is 0 Å². The fraction of sp³-hybridized carbons (Fsp3) is 1.00. The molecule has 1 N–H and O–H groups in total. The molecule has 3 heteroatoms. The first-order chi connectivity index (χ1) is 3.31. The molecule has 0 spiro atoms. The van der Waals surface area contributed by atoms with Crippen LogP contribution in [0.15, 0.2) is 0 Å². The second-order valence-corrected chi connectivity index (χ2v) is 2.05. The minimum absolute atomic E-state index is 0. The highest BCUT2D eigenvalue weighted by molar-refractivity contribution is 6.17. The van der Waals surface area contributed by atoms with Crippen molar-refractivity contribution < 1.29 is 0 Å². The number of hydrogen-bond acceptors (Lipinski definition) is 1. The molecule has 0 fully saturated rings. The molecule has 0 aliphatic carbocycles. The smallest absolute Gasteiger partial charge is 0.0238 e. The molecule has 0 aromatic heterocycles. The van der Waals surface area contributed by atoms with E-state index in [4.69, 9.17) is 11.6 Å². The van der Waals surface area contributed by atoms with Gasteiger partial charge in [-0.05, 0) is 20.4 Å². The first-order valence-corrected chi connectivity index (χ1v) is 3.08. The summed E-state index contributed by atoms with van der Waals surface area (Å²) < 4.78 is 0. The fourth-order valence-electron chi connectivity index (χ4n) is 0.308. The molecular formula is C5H13Cl2N. The average Bonchev–Trinajstić information content (AvgIpc) is 1.68. The van der Waals surface area contributed by atoms with Crippen LogP contribution in [0.3, 0.4) is 0 Å². The van der Waals surface area contributed by atoms with Crippen molar-refractivity contribution in [2.75, 3.05) is 12.9 Å². The molecule has 1 atom stereocenters. The van der Waals surface area contributed by atoms with Crippen molar-refractivity contribution in [1.29, 1.82) is 0 Å². The normalized spacial score (nSPS) is 12.4. The lowest BCUT2D eigenvalue weighted by molar-refractivity contribution is 0.596. The molecule has 0 aromatic carbocycles. The van der Waals surface area contributed by atoms with E-state index in [-0.39, 0.29) is 12.4 Å². The van der Waals surface area contributed by atoms with Gasteiger partial charge >= 0.3 is 0 Å². The van der Waals surface area contributed by atoms with Crippen LogP contribution in [-0.2, 0) is 0 Å². The monoisotopic (exact) mass is 157 g/mol. The average molecular weight is 158 g/mol. The van der Waals surface area contributed by atoms with E-state index in [0.29, 0.717) is 6.04 Å². The Morgan fingerprint density at radius 2 is 2.12 bits per heavy atom. The molecule has 0 saturated heterocycles. The number of hydrogen-bond donors (Lipinski definition) is 1. The minimum Gasteiger partial charge on any atom is -0.317 e. The maximum Gasteiger partial charge on any atom is 0.0238 e. The summed E-state index contributed by atoms with van der Waals surface area (Å²) in [6.07, 6.45) is 1.05. The lowest BCUT2D eigenvalue weighted by Gasteiger charge is -2.04. The second-order valence-electron chi connectivity index (χ2n) is 1.67. The van der Waals surface area contributed by atoms with Crippen LogP contribution >= 0.6 is 24.0 Å². The molecule has 0 rings (SSSR count). The molecule has 0 aliphatic rings. The first kappa shape index (κ1) is 11.4. The summed E-state index contributed by atoms with van der Waals surface area (Å²) in [5.41, 5.74) is 0. The summed E-state index contributed by atoms with van der Waals surface area (Å²) in [7, 11) is 1.94. The Morgan fingerprint density at radius 1 is 1.62 bits per heavy atom. The molecule has 1 unspecified atom stereocenters. The maximum atomic E-state index is 5.44. The molecule has 0 saturated carbocycles. The van der Waals surface area contributed by atoms with Gasteiger partial charge < -0.3 is 5.32 Å². The molecule has 0 radical (unpaired) electrons. The van der Waals surface area contributed by atoms with E-state index in [9.17, 15) is 0 Å². The van der Waals surface area contributed by atoms with E-state index >= 15 is 0 Å². The molecule has 0 heterocycles. The number of alkyl halides is 1. The number of rotatable bonds is 3. The number of halogens is 2. The highest BCUT2D eigenvalue weighted by atomic mass is 35.5. The molecule has 0 aliphatic heterocycles. The lowest BCUT2D eigenvalue weighted by Crippen LogP contribution is -2.21. The van der Waals surface area contributed by atoms with Crippen molar-refractivity contribution in [3.05, 3.63) is 0 Å². The van der Waals surface area contributed by atoms with Gasteiger partial charge in [0.1, 0.15) is 0 Å². The van der Waals surface area contributed by atoms with E-state index in [0.717, 1.165) is 12.3 Å². The molecule has 8 heavy (non-hydrogen) atoms. The third-order valence-corrected chi connectivity index (χ3v) is 1.25. The van der Waals surface area contributed by atoms with Crippen LogP contribution in [0.1, 0.15) is 13.3 Å². The molecule has 0 amide bonds. The Balaban J connectivity index is 0. The Labute approximate surface area is 62.2 Å². The second kappa shape index (κ2) is 7.54. The van der Waals surface area contributed by atoms with Gasteiger partial charge in [0.15, 0.2) is 0 Å². The van der Waals surface area contributed by atoms with Crippen molar-refractivity contribution in [3.63, 3.8) is 0 Å². The quantitative estimate of drug-likeness (QED) is 0.615. The summed E-state index contributed by atoms with van der Waals surface area (Å²) in [6.45, 7) is 2.11. The van der Waals surface area contributed by atoms with Gasteiger partial charge in [0.25, 0.3) is 0 Å². The highest BCUT2D eigenvalue weighted by Gasteiger charge is 1.92. The SMILES string of the molecule is CNC(C)CCCl.Cl. The van der Waals surface area contributed by atoms with Crippen molar-refractivity contribution in [1.82, 2.24) is 5.32 Å². The third kappa shape index (κ3) is 6.54. The van der Waals surface area contributed by atoms with Crippen LogP contribution in [-0.4, -0.2) is 19.0 Å². The van der Waals surface area contributed by atoms with Gasteiger partial charge in [0, 0.05) is 11.9 Å². The summed E-state index contributed by atoms with van der Waals surface area (Å²) in [5.74, 6) is 0.752. The molecule has 1 nitrogen and oxygen atoms in total. The van der Waals surface area contributed by atoms with Gasteiger partial charge in [0.05, 0.1) is 0 Å². The standard InChI is InChI=1S/C5H12ClN.ClH/c1-5(7-2)3-4-6;/h5,7H,3-4H2,1-2H3;1H. The summed E-state index contributed by atoms with van der Waals surface area (Å²) in [4.78, 5) is 0. The summed E-state index contributed by atoms with van der Waals surface area (Å²) in [6, 6.07) is 0.567. The van der Waals surface area contributed by atoms with E-state index < -0.39 is 0 Å². The van der Waals surface area contributed by atoms with Crippen LogP contribution in [0.2, 0.25) is 0 Å². The number of nitrogens with one attached hydrogen (secondary N) is 1. The summed E-state index contributed by atoms with van der Waals surface area (Å²) in [5, 5.41) is 3.08. The Kier molecular flexibility index (Phi) is 10.7. The maximum absolute atomic E-state index is 5.44. The zero-order chi connectivity index (χ0) is 5.70. The van der Waals surface area contributed by atoms with Crippen LogP contribution in [0.25, 0.3) is 0 Å². The zero-order valence-corrected chi connectivity index (χ0v) is 6.85. The van der Waals surface area contributed by atoms with Crippen molar-refractivity contribution in [2.45, 2.75) is 19.4 Å². The van der Waals surface area contributed by atoms with E-state index in [1.807, 2.05) is 7.05 Å². The van der Waals surface area contributed by atoms with Crippen molar-refractivity contribution in [2.24, 2.45) is 0 Å². The Bertz CT molecular complexity index is 41.4. The van der Waals surface area contributed by atoms with E-state index in [1.165, 1.54) is 0 Å². The van der Waals surface area contributed by atoms with Gasteiger partial charge in [-0.1, -0.05) is 0 Å². The lowest BCUT2D eigenvalue weighted by atomic mass is 10.3. The molecular weight excluding hydrogens is 145 g/mol. The van der Waals surface area contributed by atoms with E-state index in [1.54, 1.807) is 0 Å². The topological polar surface area (TPSA) is 12.0 Å². The Morgan fingerprint density at radius 3 is 2.25 bits per heavy atom. The fourth-order valence-corrected chi connectivity index (χ4v) is 0.635. The first-order valence-electron chi connectivity index (χ1n) is 2.54. The van der Waals surface area contributed by atoms with Crippen molar-refractivity contribution >= 4 is 24.0 Å². The van der Waals surface area contributed by atoms with Gasteiger partial charge in [-0.25, -0.2) is 0 Å². The van der Waals surface area contributed by atoms with Gasteiger partial charge in [-0.15, -0.1) is 24.0 Å². The minimum atomic E-state index is 0. The molecule has 0 aromatic rings.